The van der Waals surface area contributed by atoms with Gasteiger partial charge in [0.25, 0.3) is 5.69 Å². The Hall–Kier alpha value is -3.87. The number of hydrogen-bond donors (Lipinski definition) is 1. The highest BCUT2D eigenvalue weighted by molar-refractivity contribution is 5.89. The molecule has 12 nitrogen and oxygen atoms in total. The molecule has 1 aromatic heterocycles. The minimum Gasteiger partial charge on any atom is -0.497 e. The Kier molecular flexibility index (Phi) is 8.47. The third-order valence-corrected chi connectivity index (χ3v) is 5.23. The topological polar surface area (TPSA) is 148 Å². The first kappa shape index (κ1) is 25.7. The van der Waals surface area contributed by atoms with Crippen molar-refractivity contribution in [3.05, 3.63) is 80.7 Å². The number of nitro groups is 1. The lowest BCUT2D eigenvalue weighted by molar-refractivity contribution is -0.386. The molecule has 0 radical (unpaired) electrons. The number of nitro benzene ring substituents is 1. The molecule has 1 heterocycles. The molecule has 0 aliphatic rings. The van der Waals surface area contributed by atoms with E-state index in [1.165, 1.54) is 37.1 Å². The fraction of sp³-hybridized carbons (Fsp3) is 0.348. The van der Waals surface area contributed by atoms with E-state index >= 15 is 0 Å². The molecule has 0 amide bonds. The molecule has 35 heavy (non-hydrogen) atoms. The predicted octanol–water partition coefficient (Wildman–Crippen LogP) is 2.79. The number of nitrogens with zero attached hydrogens (tertiary/aromatic N) is 4. The number of aliphatic hydroxyl groups excluding tert-OH is 1. The molecular weight excluding hydrogens is 460 g/mol. The van der Waals surface area contributed by atoms with Crippen molar-refractivity contribution in [3.63, 3.8) is 0 Å². The molecule has 2 aromatic carbocycles. The highest BCUT2D eigenvalue weighted by Gasteiger charge is 2.32. The molecule has 1 N–H and O–H groups in total. The van der Waals surface area contributed by atoms with Crippen LogP contribution in [0.5, 0.6) is 5.75 Å². The van der Waals surface area contributed by atoms with Crippen molar-refractivity contribution < 1.29 is 33.8 Å². The summed E-state index contributed by atoms with van der Waals surface area (Å²) in [4.78, 5) is 23.9. The van der Waals surface area contributed by atoms with Crippen molar-refractivity contribution >= 4 is 11.7 Å². The van der Waals surface area contributed by atoms with Crippen LogP contribution in [-0.2, 0) is 20.8 Å². The molecule has 186 valence electrons. The zero-order valence-electron chi connectivity index (χ0n) is 19.7. The molecular formula is C23H26N4O8. The van der Waals surface area contributed by atoms with E-state index in [0.29, 0.717) is 11.3 Å². The van der Waals surface area contributed by atoms with Crippen molar-refractivity contribution in [1.29, 1.82) is 0 Å². The van der Waals surface area contributed by atoms with E-state index in [4.69, 9.17) is 18.9 Å². The molecule has 0 spiro atoms. The van der Waals surface area contributed by atoms with E-state index in [1.54, 1.807) is 38.3 Å². The van der Waals surface area contributed by atoms with E-state index in [9.17, 15) is 20.0 Å². The van der Waals surface area contributed by atoms with Gasteiger partial charge in [-0.1, -0.05) is 23.4 Å². The van der Waals surface area contributed by atoms with Gasteiger partial charge >= 0.3 is 5.97 Å². The van der Waals surface area contributed by atoms with E-state index in [-0.39, 0.29) is 30.1 Å². The van der Waals surface area contributed by atoms with Crippen molar-refractivity contribution in [2.45, 2.75) is 25.9 Å². The maximum Gasteiger partial charge on any atom is 0.358 e. The van der Waals surface area contributed by atoms with Gasteiger partial charge in [0.05, 0.1) is 30.7 Å². The minimum atomic E-state index is -1.63. The van der Waals surface area contributed by atoms with Crippen LogP contribution in [0.25, 0.3) is 0 Å². The first-order chi connectivity index (χ1) is 16.8. The number of aliphatic hydroxyl groups is 1. The second-order valence-electron chi connectivity index (χ2n) is 7.33. The largest absolute Gasteiger partial charge is 0.497 e. The second kappa shape index (κ2) is 11.5. The van der Waals surface area contributed by atoms with Crippen LogP contribution < -0.4 is 4.74 Å². The van der Waals surface area contributed by atoms with Gasteiger partial charge in [0.2, 0.25) is 0 Å². The number of rotatable bonds is 11. The smallest absolute Gasteiger partial charge is 0.358 e. The number of methoxy groups -OCH3 is 3. The van der Waals surface area contributed by atoms with Gasteiger partial charge in [0, 0.05) is 25.8 Å². The molecule has 1 atom stereocenters. The Morgan fingerprint density at radius 2 is 1.83 bits per heavy atom. The van der Waals surface area contributed by atoms with Crippen LogP contribution in [0.4, 0.5) is 5.69 Å². The summed E-state index contributed by atoms with van der Waals surface area (Å²) in [5, 5.41) is 30.9. The van der Waals surface area contributed by atoms with Gasteiger partial charge < -0.3 is 24.1 Å². The standard InChI is InChI=1S/C23H26N4O8/c1-5-35-22(29)20-19(24-25-26(20)13-14-6-9-16(32-2)10-7-14)21(28)17-11-8-15(23(33-3)34-4)12-18(17)27(30)31/h6-12,21,23,28H,5,13H2,1-4H3. The number of benzene rings is 2. The number of carbonyl (C=O) groups excluding carboxylic acids is 1. The normalized spacial score (nSPS) is 11.9. The molecule has 12 heteroatoms. The van der Waals surface area contributed by atoms with Crippen LogP contribution in [0.3, 0.4) is 0 Å². The maximum absolute atomic E-state index is 12.8. The zero-order chi connectivity index (χ0) is 25.5. The Balaban J connectivity index is 2.04. The van der Waals surface area contributed by atoms with E-state index < -0.39 is 29.0 Å². The van der Waals surface area contributed by atoms with Crippen molar-refractivity contribution in [2.75, 3.05) is 27.9 Å². The van der Waals surface area contributed by atoms with Crippen molar-refractivity contribution in [2.24, 2.45) is 0 Å². The van der Waals surface area contributed by atoms with Crippen LogP contribution in [0.1, 0.15) is 52.2 Å². The summed E-state index contributed by atoms with van der Waals surface area (Å²) in [6.07, 6.45) is -2.46. The SMILES string of the molecule is CCOC(=O)c1c(C(O)c2ccc(C(OC)OC)cc2[N+](=O)[O-])nnn1Cc1ccc(OC)cc1. The third kappa shape index (κ3) is 5.62. The molecule has 3 aromatic rings. The average molecular weight is 486 g/mol. The summed E-state index contributed by atoms with van der Waals surface area (Å²) in [5.74, 6) is -0.104. The Labute approximate surface area is 201 Å². The zero-order valence-corrected chi connectivity index (χ0v) is 19.7. The maximum atomic E-state index is 12.8. The molecule has 0 fully saturated rings. The molecule has 1 unspecified atom stereocenters. The fourth-order valence-corrected chi connectivity index (χ4v) is 3.55. The quantitative estimate of drug-likeness (QED) is 0.186. The Morgan fingerprint density at radius 3 is 2.40 bits per heavy atom. The first-order valence-electron chi connectivity index (χ1n) is 10.6. The van der Waals surface area contributed by atoms with E-state index in [0.717, 1.165) is 5.56 Å². The number of ether oxygens (including phenoxy) is 4. The number of aromatic nitrogens is 3. The van der Waals surface area contributed by atoms with Gasteiger partial charge in [-0.15, -0.1) is 5.10 Å². The van der Waals surface area contributed by atoms with Gasteiger partial charge in [-0.05, 0) is 30.7 Å². The molecule has 3 rings (SSSR count). The third-order valence-electron chi connectivity index (χ3n) is 5.23. The lowest BCUT2D eigenvalue weighted by Gasteiger charge is -2.16. The Bertz CT molecular complexity index is 1170. The minimum absolute atomic E-state index is 0.0757. The van der Waals surface area contributed by atoms with Gasteiger partial charge in [-0.25, -0.2) is 9.48 Å². The summed E-state index contributed by atoms with van der Waals surface area (Å²) in [7, 11) is 4.35. The van der Waals surface area contributed by atoms with E-state index in [2.05, 4.69) is 10.3 Å². The summed E-state index contributed by atoms with van der Waals surface area (Å²) < 4.78 is 21.9. The van der Waals surface area contributed by atoms with Crippen LogP contribution in [0, 0.1) is 10.1 Å². The molecule has 0 bridgehead atoms. The summed E-state index contributed by atoms with van der Waals surface area (Å²) in [6, 6.07) is 11.2. The number of esters is 1. The summed E-state index contributed by atoms with van der Waals surface area (Å²) >= 11 is 0. The average Bonchev–Trinajstić information content (AvgIpc) is 3.28. The first-order valence-corrected chi connectivity index (χ1v) is 10.6. The van der Waals surface area contributed by atoms with Crippen LogP contribution >= 0.6 is 0 Å². The van der Waals surface area contributed by atoms with Gasteiger partial charge in [0.15, 0.2) is 12.0 Å². The van der Waals surface area contributed by atoms with Crippen LogP contribution in [0.15, 0.2) is 42.5 Å². The van der Waals surface area contributed by atoms with Crippen molar-refractivity contribution in [1.82, 2.24) is 15.0 Å². The molecule has 0 aliphatic carbocycles. The Morgan fingerprint density at radius 1 is 1.14 bits per heavy atom. The summed E-state index contributed by atoms with van der Waals surface area (Å²) in [6.45, 7) is 1.85. The highest BCUT2D eigenvalue weighted by Crippen LogP contribution is 2.34. The number of carbonyl (C=O) groups is 1. The lowest BCUT2D eigenvalue weighted by Crippen LogP contribution is -2.18. The summed E-state index contributed by atoms with van der Waals surface area (Å²) in [5.41, 5.74) is 0.414. The molecule has 0 saturated heterocycles. The van der Waals surface area contributed by atoms with Crippen molar-refractivity contribution in [3.8, 4) is 5.75 Å². The monoisotopic (exact) mass is 486 g/mol. The van der Waals surface area contributed by atoms with Gasteiger partial charge in [-0.2, -0.15) is 0 Å². The second-order valence-corrected chi connectivity index (χ2v) is 7.33. The number of hydrogen-bond acceptors (Lipinski definition) is 10. The van der Waals surface area contributed by atoms with E-state index in [1.807, 2.05) is 0 Å². The lowest BCUT2D eigenvalue weighted by atomic mass is 10.0. The fourth-order valence-electron chi connectivity index (χ4n) is 3.55. The highest BCUT2D eigenvalue weighted by atomic mass is 16.7. The van der Waals surface area contributed by atoms with Crippen LogP contribution in [-0.4, -0.2) is 58.9 Å². The molecule has 0 saturated carbocycles. The van der Waals surface area contributed by atoms with Gasteiger partial charge in [0.1, 0.15) is 17.5 Å². The van der Waals surface area contributed by atoms with Gasteiger partial charge in [-0.3, -0.25) is 10.1 Å². The molecule has 0 aliphatic heterocycles. The van der Waals surface area contributed by atoms with Crippen LogP contribution in [0.2, 0.25) is 0 Å². The predicted molar refractivity (Wildman–Crippen MR) is 122 cm³/mol.